The van der Waals surface area contributed by atoms with Crippen LogP contribution in [0.15, 0.2) is 48.5 Å². The fourth-order valence-corrected chi connectivity index (χ4v) is 4.82. The molecule has 0 saturated carbocycles. The average molecular weight is 422 g/mol. The first-order valence-corrected chi connectivity index (χ1v) is 11.7. The van der Waals surface area contributed by atoms with Crippen LogP contribution in [0.3, 0.4) is 0 Å². The van der Waals surface area contributed by atoms with Crippen LogP contribution >= 0.6 is 0 Å². The molecular weight excluding hydrogens is 386 g/mol. The summed E-state index contributed by atoms with van der Waals surface area (Å²) in [5.41, 5.74) is 3.20. The summed E-state index contributed by atoms with van der Waals surface area (Å²) in [5, 5.41) is 3.22. The van der Waals surface area contributed by atoms with Gasteiger partial charge in [-0.3, -0.25) is 14.6 Å². The van der Waals surface area contributed by atoms with Crippen LogP contribution in [0.4, 0.5) is 0 Å². The molecule has 1 amide bonds. The Morgan fingerprint density at radius 2 is 1.68 bits per heavy atom. The molecule has 2 heterocycles. The van der Waals surface area contributed by atoms with Crippen LogP contribution in [-0.2, 0) is 6.54 Å². The van der Waals surface area contributed by atoms with Crippen molar-refractivity contribution in [3.05, 3.63) is 65.2 Å². The fraction of sp³-hybridized carbons (Fsp3) is 0.500. The molecule has 2 saturated heterocycles. The van der Waals surface area contributed by atoms with Crippen molar-refractivity contribution in [2.75, 3.05) is 39.8 Å². The molecule has 2 aromatic carbocycles. The van der Waals surface area contributed by atoms with E-state index in [4.69, 9.17) is 4.74 Å². The summed E-state index contributed by atoms with van der Waals surface area (Å²) in [4.78, 5) is 18.0. The Morgan fingerprint density at radius 1 is 0.968 bits per heavy atom. The van der Waals surface area contributed by atoms with Crippen LogP contribution in [0, 0.1) is 0 Å². The van der Waals surface area contributed by atoms with Crippen LogP contribution in [0.25, 0.3) is 0 Å². The lowest BCUT2D eigenvalue weighted by Gasteiger charge is -2.35. The van der Waals surface area contributed by atoms with Crippen LogP contribution in [-0.4, -0.2) is 55.5 Å². The number of carbonyl (C=O) groups excluding carboxylic acids is 1. The van der Waals surface area contributed by atoms with Gasteiger partial charge in [0, 0.05) is 18.7 Å². The van der Waals surface area contributed by atoms with Crippen LogP contribution < -0.4 is 10.1 Å². The fourth-order valence-electron chi connectivity index (χ4n) is 4.82. The number of ether oxygens (including phenoxy) is 1. The molecule has 2 aromatic rings. The molecule has 1 atom stereocenters. The summed E-state index contributed by atoms with van der Waals surface area (Å²) < 4.78 is 5.32. The number of nitrogens with zero attached hydrogens (tertiary/aromatic N) is 2. The van der Waals surface area contributed by atoms with Crippen molar-refractivity contribution in [3.63, 3.8) is 0 Å². The van der Waals surface area contributed by atoms with Gasteiger partial charge >= 0.3 is 0 Å². The molecule has 0 radical (unpaired) electrons. The van der Waals surface area contributed by atoms with Gasteiger partial charge < -0.3 is 10.1 Å². The van der Waals surface area contributed by atoms with Gasteiger partial charge in [-0.15, -0.1) is 0 Å². The number of hydrogen-bond donors (Lipinski definition) is 1. The van der Waals surface area contributed by atoms with E-state index >= 15 is 0 Å². The Balaban J connectivity index is 1.42. The molecule has 166 valence electrons. The number of benzene rings is 2. The highest BCUT2D eigenvalue weighted by Gasteiger charge is 2.23. The number of methoxy groups -OCH3 is 1. The maximum Gasteiger partial charge on any atom is 0.251 e. The second-order valence-corrected chi connectivity index (χ2v) is 8.78. The molecule has 5 nitrogen and oxygen atoms in total. The van der Waals surface area contributed by atoms with Gasteiger partial charge in [0.15, 0.2) is 0 Å². The smallest absolute Gasteiger partial charge is 0.251 e. The normalized spacial score (nSPS) is 18.6. The van der Waals surface area contributed by atoms with Gasteiger partial charge in [0.1, 0.15) is 5.75 Å². The van der Waals surface area contributed by atoms with Gasteiger partial charge in [0.2, 0.25) is 0 Å². The van der Waals surface area contributed by atoms with E-state index in [-0.39, 0.29) is 11.9 Å². The molecule has 2 fully saturated rings. The molecule has 0 aliphatic carbocycles. The zero-order valence-electron chi connectivity index (χ0n) is 18.7. The summed E-state index contributed by atoms with van der Waals surface area (Å²) in [6.07, 6.45) is 6.30. The van der Waals surface area contributed by atoms with Crippen molar-refractivity contribution in [3.8, 4) is 5.75 Å². The van der Waals surface area contributed by atoms with Crippen molar-refractivity contribution < 1.29 is 9.53 Å². The van der Waals surface area contributed by atoms with Crippen LogP contribution in [0.1, 0.15) is 59.6 Å². The zero-order chi connectivity index (χ0) is 21.5. The molecule has 0 spiro atoms. The van der Waals surface area contributed by atoms with E-state index in [1.165, 1.54) is 43.2 Å². The highest BCUT2D eigenvalue weighted by Crippen LogP contribution is 2.26. The highest BCUT2D eigenvalue weighted by atomic mass is 16.5. The summed E-state index contributed by atoms with van der Waals surface area (Å²) in [5.74, 6) is 0.874. The van der Waals surface area contributed by atoms with E-state index in [2.05, 4.69) is 39.4 Å². The van der Waals surface area contributed by atoms with E-state index in [1.54, 1.807) is 7.11 Å². The number of rotatable bonds is 8. The Hall–Kier alpha value is -2.37. The van der Waals surface area contributed by atoms with Gasteiger partial charge in [-0.25, -0.2) is 0 Å². The molecule has 0 aromatic heterocycles. The Bertz CT molecular complexity index is 840. The van der Waals surface area contributed by atoms with Crippen molar-refractivity contribution in [2.45, 2.75) is 44.7 Å². The zero-order valence-corrected chi connectivity index (χ0v) is 18.7. The summed E-state index contributed by atoms with van der Waals surface area (Å²) in [6, 6.07) is 16.6. The van der Waals surface area contributed by atoms with Crippen molar-refractivity contribution in [2.24, 2.45) is 0 Å². The number of likely N-dealkylation sites (tertiary alicyclic amines) is 2. The lowest BCUT2D eigenvalue weighted by molar-refractivity contribution is 0.0924. The maximum atomic E-state index is 13.0. The van der Waals surface area contributed by atoms with E-state index < -0.39 is 0 Å². The molecule has 1 unspecified atom stereocenters. The van der Waals surface area contributed by atoms with E-state index in [9.17, 15) is 4.79 Å². The Labute approximate surface area is 186 Å². The monoisotopic (exact) mass is 421 g/mol. The van der Waals surface area contributed by atoms with Gasteiger partial charge in [-0.1, -0.05) is 30.7 Å². The average Bonchev–Trinajstić information content (AvgIpc) is 3.33. The van der Waals surface area contributed by atoms with E-state index in [0.717, 1.165) is 44.0 Å². The predicted molar refractivity (Wildman–Crippen MR) is 124 cm³/mol. The standard InChI is InChI=1S/C26H35N3O2/c1-31-24-12-10-22(11-13-24)25(29-16-3-2-4-17-29)19-27-26(30)23-9-7-8-21(18-23)20-28-14-5-6-15-28/h7-13,18,25H,2-6,14-17,19-20H2,1H3,(H,27,30). The second kappa shape index (κ2) is 10.8. The number of piperidine rings is 1. The highest BCUT2D eigenvalue weighted by molar-refractivity contribution is 5.94. The molecule has 5 heteroatoms. The third kappa shape index (κ3) is 5.86. The molecule has 0 bridgehead atoms. The topological polar surface area (TPSA) is 44.8 Å². The van der Waals surface area contributed by atoms with Gasteiger partial charge in [0.25, 0.3) is 5.91 Å². The number of hydrogen-bond acceptors (Lipinski definition) is 4. The minimum absolute atomic E-state index is 0.0128. The van der Waals surface area contributed by atoms with Gasteiger partial charge in [-0.05, 0) is 87.3 Å². The summed E-state index contributed by atoms with van der Waals surface area (Å²) in [6.45, 7) is 6.03. The predicted octanol–water partition coefficient (Wildman–Crippen LogP) is 4.25. The van der Waals surface area contributed by atoms with Crippen molar-refractivity contribution >= 4 is 5.91 Å². The summed E-state index contributed by atoms with van der Waals surface area (Å²) in [7, 11) is 1.69. The minimum Gasteiger partial charge on any atom is -0.497 e. The Morgan fingerprint density at radius 3 is 2.39 bits per heavy atom. The quantitative estimate of drug-likeness (QED) is 0.692. The van der Waals surface area contributed by atoms with E-state index in [0.29, 0.717) is 6.54 Å². The lowest BCUT2D eigenvalue weighted by atomic mass is 10.0. The largest absolute Gasteiger partial charge is 0.497 e. The van der Waals surface area contributed by atoms with Crippen LogP contribution in [0.5, 0.6) is 5.75 Å². The minimum atomic E-state index is 0.0128. The number of nitrogens with one attached hydrogen (secondary N) is 1. The van der Waals surface area contributed by atoms with Gasteiger partial charge in [0.05, 0.1) is 13.2 Å². The lowest BCUT2D eigenvalue weighted by Crippen LogP contribution is -2.40. The molecule has 1 N–H and O–H groups in total. The second-order valence-electron chi connectivity index (χ2n) is 8.78. The third-order valence-corrected chi connectivity index (χ3v) is 6.58. The number of carbonyl (C=O) groups is 1. The maximum absolute atomic E-state index is 13.0. The molecule has 2 aliphatic heterocycles. The number of amides is 1. The first-order valence-electron chi connectivity index (χ1n) is 11.7. The SMILES string of the molecule is COc1ccc(C(CNC(=O)c2cccc(CN3CCCC3)c2)N2CCCCC2)cc1. The Kier molecular flexibility index (Phi) is 7.60. The third-order valence-electron chi connectivity index (χ3n) is 6.58. The van der Waals surface area contributed by atoms with Crippen LogP contribution in [0.2, 0.25) is 0 Å². The van der Waals surface area contributed by atoms with Gasteiger partial charge in [-0.2, -0.15) is 0 Å². The first kappa shape index (κ1) is 21.8. The molecule has 31 heavy (non-hydrogen) atoms. The van der Waals surface area contributed by atoms with Crippen molar-refractivity contribution in [1.82, 2.24) is 15.1 Å². The first-order chi connectivity index (χ1) is 15.2. The molecule has 4 rings (SSSR count). The molecular formula is C26H35N3O2. The van der Waals surface area contributed by atoms with E-state index in [1.807, 2.05) is 24.3 Å². The summed E-state index contributed by atoms with van der Waals surface area (Å²) >= 11 is 0. The van der Waals surface area contributed by atoms with Crippen molar-refractivity contribution in [1.29, 1.82) is 0 Å². The molecule has 2 aliphatic rings.